The van der Waals surface area contributed by atoms with Crippen molar-refractivity contribution in [3.63, 3.8) is 0 Å². The number of imide groups is 1. The molecule has 2 aromatic rings. The Balaban J connectivity index is 1.37. The number of aryl methyl sites for hydroxylation is 1. The van der Waals surface area contributed by atoms with Crippen LogP contribution in [0, 0.1) is 0 Å². The first kappa shape index (κ1) is 26.1. The fourth-order valence-electron chi connectivity index (χ4n) is 4.82. The van der Waals surface area contributed by atoms with Crippen LogP contribution >= 0.6 is 11.8 Å². The SMILES string of the molecule is CNC(=O)CCC(C=O)N1C(=O)c2cccc(SCCc3ccc(CN4CCCCC4)cc3)c2C1=O. The molecule has 4 rings (SSSR count). The summed E-state index contributed by atoms with van der Waals surface area (Å²) in [6, 6.07) is 13.0. The molecule has 8 heteroatoms. The Morgan fingerprint density at radius 2 is 1.75 bits per heavy atom. The Morgan fingerprint density at radius 3 is 2.44 bits per heavy atom. The van der Waals surface area contributed by atoms with Gasteiger partial charge in [-0.2, -0.15) is 0 Å². The molecule has 1 unspecified atom stereocenters. The number of benzene rings is 2. The average Bonchev–Trinajstić information content (AvgIpc) is 3.16. The van der Waals surface area contributed by atoms with E-state index < -0.39 is 17.9 Å². The average molecular weight is 508 g/mol. The van der Waals surface area contributed by atoms with Gasteiger partial charge in [0.05, 0.1) is 17.2 Å². The van der Waals surface area contributed by atoms with E-state index in [0.29, 0.717) is 17.4 Å². The maximum Gasteiger partial charge on any atom is 0.263 e. The highest BCUT2D eigenvalue weighted by Gasteiger charge is 2.41. The lowest BCUT2D eigenvalue weighted by molar-refractivity contribution is -0.121. The fourth-order valence-corrected chi connectivity index (χ4v) is 5.90. The molecule has 2 aromatic carbocycles. The highest BCUT2D eigenvalue weighted by atomic mass is 32.2. The molecule has 0 aliphatic carbocycles. The van der Waals surface area contributed by atoms with Gasteiger partial charge in [-0.05, 0) is 62.0 Å². The number of nitrogens with zero attached hydrogens (tertiary/aromatic N) is 2. The minimum atomic E-state index is -0.962. The van der Waals surface area contributed by atoms with Crippen molar-refractivity contribution in [1.29, 1.82) is 0 Å². The molecule has 190 valence electrons. The second kappa shape index (κ2) is 12.3. The number of amides is 3. The van der Waals surface area contributed by atoms with Crippen LogP contribution in [-0.2, 0) is 22.6 Å². The number of likely N-dealkylation sites (tertiary alicyclic amines) is 1. The van der Waals surface area contributed by atoms with Crippen molar-refractivity contribution in [2.75, 3.05) is 25.9 Å². The van der Waals surface area contributed by atoms with E-state index in [1.165, 1.54) is 50.5 Å². The van der Waals surface area contributed by atoms with Crippen LogP contribution in [0.3, 0.4) is 0 Å². The zero-order valence-corrected chi connectivity index (χ0v) is 21.5. The number of nitrogens with one attached hydrogen (secondary N) is 1. The summed E-state index contributed by atoms with van der Waals surface area (Å²) in [6.07, 6.45) is 5.49. The molecule has 2 aliphatic rings. The maximum absolute atomic E-state index is 13.2. The Bertz CT molecular complexity index is 1110. The number of hydrogen-bond acceptors (Lipinski definition) is 6. The summed E-state index contributed by atoms with van der Waals surface area (Å²) in [6.45, 7) is 3.36. The standard InChI is InChI=1S/C28H33N3O4S/c1-29-25(33)13-12-22(19-32)31-27(34)23-6-5-7-24(26(23)28(31)35)36-17-14-20-8-10-21(11-9-20)18-30-15-3-2-4-16-30/h5-11,19,22H,2-4,12-18H2,1H3,(H,29,33). The van der Waals surface area contributed by atoms with E-state index in [-0.39, 0.29) is 18.7 Å². The highest BCUT2D eigenvalue weighted by molar-refractivity contribution is 7.99. The molecular formula is C28H33N3O4S. The third-order valence-electron chi connectivity index (χ3n) is 6.87. The number of hydrogen-bond donors (Lipinski definition) is 1. The van der Waals surface area contributed by atoms with E-state index >= 15 is 0 Å². The number of piperidine rings is 1. The molecule has 0 bridgehead atoms. The van der Waals surface area contributed by atoms with E-state index in [2.05, 4.69) is 34.5 Å². The normalized spacial score (nSPS) is 16.6. The minimum absolute atomic E-state index is 0.0613. The van der Waals surface area contributed by atoms with Gasteiger partial charge in [0.25, 0.3) is 11.8 Å². The molecule has 1 N–H and O–H groups in total. The summed E-state index contributed by atoms with van der Waals surface area (Å²) < 4.78 is 0. The van der Waals surface area contributed by atoms with Crippen LogP contribution in [0.1, 0.15) is 63.9 Å². The molecular weight excluding hydrogens is 474 g/mol. The van der Waals surface area contributed by atoms with E-state index in [9.17, 15) is 19.2 Å². The van der Waals surface area contributed by atoms with Crippen molar-refractivity contribution in [3.8, 4) is 0 Å². The largest absolute Gasteiger partial charge is 0.359 e. The number of rotatable bonds is 11. The lowest BCUT2D eigenvalue weighted by Gasteiger charge is -2.26. The molecule has 2 heterocycles. The van der Waals surface area contributed by atoms with Gasteiger partial charge in [-0.25, -0.2) is 0 Å². The molecule has 1 atom stereocenters. The molecule has 2 aliphatic heterocycles. The fraction of sp³-hybridized carbons (Fsp3) is 0.429. The second-order valence-electron chi connectivity index (χ2n) is 9.33. The van der Waals surface area contributed by atoms with Crippen molar-refractivity contribution in [2.24, 2.45) is 0 Å². The first-order valence-electron chi connectivity index (χ1n) is 12.6. The number of fused-ring (bicyclic) bond motifs is 1. The molecule has 7 nitrogen and oxygen atoms in total. The molecule has 0 aromatic heterocycles. The van der Waals surface area contributed by atoms with Gasteiger partial charge in [-0.15, -0.1) is 11.8 Å². The van der Waals surface area contributed by atoms with Gasteiger partial charge < -0.3 is 10.1 Å². The van der Waals surface area contributed by atoms with Crippen molar-refractivity contribution in [1.82, 2.24) is 15.1 Å². The van der Waals surface area contributed by atoms with E-state index in [1.807, 2.05) is 6.07 Å². The first-order valence-corrected chi connectivity index (χ1v) is 13.6. The Kier molecular flexibility index (Phi) is 8.93. The van der Waals surface area contributed by atoms with Crippen LogP contribution in [-0.4, -0.2) is 65.7 Å². The van der Waals surface area contributed by atoms with Crippen molar-refractivity contribution in [2.45, 2.75) is 56.0 Å². The first-order chi connectivity index (χ1) is 17.5. The van der Waals surface area contributed by atoms with Crippen LogP contribution < -0.4 is 5.32 Å². The van der Waals surface area contributed by atoms with Gasteiger partial charge in [-0.3, -0.25) is 24.2 Å². The molecule has 0 spiro atoms. The maximum atomic E-state index is 13.2. The summed E-state index contributed by atoms with van der Waals surface area (Å²) in [4.78, 5) is 53.7. The lowest BCUT2D eigenvalue weighted by Crippen LogP contribution is -2.41. The quantitative estimate of drug-likeness (QED) is 0.284. The second-order valence-corrected chi connectivity index (χ2v) is 10.5. The Labute approximate surface area is 216 Å². The Hall–Kier alpha value is -2.97. The van der Waals surface area contributed by atoms with E-state index in [1.54, 1.807) is 23.9 Å². The summed E-state index contributed by atoms with van der Waals surface area (Å²) in [7, 11) is 1.51. The van der Waals surface area contributed by atoms with Crippen molar-refractivity contribution >= 4 is 35.8 Å². The van der Waals surface area contributed by atoms with E-state index in [0.717, 1.165) is 28.5 Å². The summed E-state index contributed by atoms with van der Waals surface area (Å²) in [5.41, 5.74) is 3.24. The van der Waals surface area contributed by atoms with Gasteiger partial charge in [0, 0.05) is 30.7 Å². The zero-order chi connectivity index (χ0) is 25.5. The van der Waals surface area contributed by atoms with Crippen molar-refractivity contribution in [3.05, 3.63) is 64.7 Å². The molecule has 1 saturated heterocycles. The molecule has 0 saturated carbocycles. The molecule has 36 heavy (non-hydrogen) atoms. The van der Waals surface area contributed by atoms with Gasteiger partial charge in [0.15, 0.2) is 0 Å². The van der Waals surface area contributed by atoms with Gasteiger partial charge in [-0.1, -0.05) is 36.8 Å². The third-order valence-corrected chi connectivity index (χ3v) is 7.93. The zero-order valence-electron chi connectivity index (χ0n) is 20.7. The smallest absolute Gasteiger partial charge is 0.263 e. The lowest BCUT2D eigenvalue weighted by atomic mass is 10.1. The van der Waals surface area contributed by atoms with E-state index in [4.69, 9.17) is 0 Å². The highest BCUT2D eigenvalue weighted by Crippen LogP contribution is 2.34. The number of carbonyl (C=O) groups excluding carboxylic acids is 4. The van der Waals surface area contributed by atoms with Gasteiger partial charge in [0.1, 0.15) is 6.29 Å². The summed E-state index contributed by atoms with van der Waals surface area (Å²) in [5, 5.41) is 2.49. The summed E-state index contributed by atoms with van der Waals surface area (Å²) in [5.74, 6) is -0.420. The Morgan fingerprint density at radius 1 is 1.03 bits per heavy atom. The molecule has 1 fully saturated rings. The predicted molar refractivity (Wildman–Crippen MR) is 140 cm³/mol. The van der Waals surface area contributed by atoms with Crippen LogP contribution in [0.5, 0.6) is 0 Å². The third kappa shape index (κ3) is 6.05. The van der Waals surface area contributed by atoms with Gasteiger partial charge >= 0.3 is 0 Å². The van der Waals surface area contributed by atoms with Crippen LogP contribution in [0.4, 0.5) is 0 Å². The monoisotopic (exact) mass is 507 g/mol. The topological polar surface area (TPSA) is 86.8 Å². The van der Waals surface area contributed by atoms with Gasteiger partial charge in [0.2, 0.25) is 5.91 Å². The number of thioether (sulfide) groups is 1. The van der Waals surface area contributed by atoms with Crippen LogP contribution in [0.15, 0.2) is 47.4 Å². The van der Waals surface area contributed by atoms with Crippen molar-refractivity contribution < 1.29 is 19.2 Å². The minimum Gasteiger partial charge on any atom is -0.359 e. The number of carbonyl (C=O) groups is 4. The molecule has 0 radical (unpaired) electrons. The van der Waals surface area contributed by atoms with Crippen LogP contribution in [0.25, 0.3) is 0 Å². The van der Waals surface area contributed by atoms with Crippen LogP contribution in [0.2, 0.25) is 0 Å². The predicted octanol–water partition coefficient (Wildman–Crippen LogP) is 3.70. The molecule has 3 amide bonds. The number of aldehydes is 1. The summed E-state index contributed by atoms with van der Waals surface area (Å²) >= 11 is 1.54.